The highest BCUT2D eigenvalue weighted by molar-refractivity contribution is 9.10. The van der Waals surface area contributed by atoms with Crippen molar-refractivity contribution in [3.8, 4) is 0 Å². The van der Waals surface area contributed by atoms with E-state index < -0.39 is 41.8 Å². The number of halogens is 4. The zero-order chi connectivity index (χ0) is 21.8. The summed E-state index contributed by atoms with van der Waals surface area (Å²) in [4.78, 5) is 26.8. The van der Waals surface area contributed by atoms with Crippen molar-refractivity contribution in [2.24, 2.45) is 0 Å². The van der Waals surface area contributed by atoms with Crippen molar-refractivity contribution < 1.29 is 22.8 Å². The molecule has 30 heavy (non-hydrogen) atoms. The lowest BCUT2D eigenvalue weighted by Gasteiger charge is -2.36. The van der Waals surface area contributed by atoms with Crippen LogP contribution in [0.15, 0.2) is 34.8 Å². The summed E-state index contributed by atoms with van der Waals surface area (Å²) in [6.45, 7) is 0. The molecule has 158 valence electrons. The molecule has 1 saturated carbocycles. The Kier molecular flexibility index (Phi) is 4.84. The van der Waals surface area contributed by atoms with E-state index >= 15 is 0 Å². The van der Waals surface area contributed by atoms with Crippen molar-refractivity contribution in [1.82, 2.24) is 0 Å². The maximum Gasteiger partial charge on any atom is 0.256 e. The summed E-state index contributed by atoms with van der Waals surface area (Å²) >= 11 is 3.27. The highest BCUT2D eigenvalue weighted by Gasteiger charge is 2.55. The van der Waals surface area contributed by atoms with E-state index in [4.69, 9.17) is 5.73 Å². The van der Waals surface area contributed by atoms with E-state index in [9.17, 15) is 22.8 Å². The average molecular weight is 482 g/mol. The lowest BCUT2D eigenvalue weighted by Crippen LogP contribution is -2.44. The SMILES string of the molecule is CN1C(=O)C2(CCC(F)(F)CC2)c2cc(NC(=O)c3ccc(N)cc3Br)cc(F)c21. The Labute approximate surface area is 179 Å². The van der Waals surface area contributed by atoms with Gasteiger partial charge in [0.15, 0.2) is 0 Å². The molecule has 0 atom stereocenters. The fourth-order valence-corrected chi connectivity index (χ4v) is 4.93. The van der Waals surface area contributed by atoms with Gasteiger partial charge in [-0.1, -0.05) is 0 Å². The second-order valence-corrected chi connectivity index (χ2v) is 8.70. The van der Waals surface area contributed by atoms with E-state index in [1.54, 1.807) is 12.1 Å². The summed E-state index contributed by atoms with van der Waals surface area (Å²) < 4.78 is 42.9. The normalized spacial score (nSPS) is 19.1. The summed E-state index contributed by atoms with van der Waals surface area (Å²) in [6.07, 6.45) is -1.03. The van der Waals surface area contributed by atoms with E-state index in [-0.39, 0.29) is 24.2 Å². The number of carbonyl (C=O) groups is 2. The summed E-state index contributed by atoms with van der Waals surface area (Å²) in [6, 6.07) is 7.31. The van der Waals surface area contributed by atoms with Crippen LogP contribution in [0.4, 0.5) is 30.2 Å². The molecule has 0 saturated heterocycles. The Morgan fingerprint density at radius 1 is 1.17 bits per heavy atom. The third kappa shape index (κ3) is 3.25. The number of carbonyl (C=O) groups excluding carboxylic acids is 2. The Morgan fingerprint density at radius 3 is 2.47 bits per heavy atom. The minimum Gasteiger partial charge on any atom is -0.399 e. The smallest absolute Gasteiger partial charge is 0.256 e. The van der Waals surface area contributed by atoms with Crippen LogP contribution in [0, 0.1) is 5.82 Å². The molecule has 1 aliphatic carbocycles. The Bertz CT molecular complexity index is 1060. The molecule has 0 unspecified atom stereocenters. The first-order chi connectivity index (χ1) is 14.0. The average Bonchev–Trinajstić information content (AvgIpc) is 2.86. The van der Waals surface area contributed by atoms with Gasteiger partial charge in [-0.3, -0.25) is 9.59 Å². The molecule has 3 N–H and O–H groups in total. The Morgan fingerprint density at radius 2 is 1.83 bits per heavy atom. The first-order valence-electron chi connectivity index (χ1n) is 9.40. The predicted molar refractivity (Wildman–Crippen MR) is 111 cm³/mol. The number of likely N-dealkylation sites (N-methyl/N-ethyl adjacent to an activating group) is 1. The standard InChI is InChI=1S/C21H19BrF3N3O2/c1-28-17-14(20(19(28)30)4-6-21(24,25)7-5-20)9-12(10-16(17)23)27-18(29)13-3-2-11(26)8-15(13)22/h2-3,8-10H,4-7,26H2,1H3,(H,27,29). The summed E-state index contributed by atoms with van der Waals surface area (Å²) in [5, 5.41) is 2.63. The number of nitrogens with two attached hydrogens (primary N) is 1. The van der Waals surface area contributed by atoms with Crippen LogP contribution in [0.5, 0.6) is 0 Å². The lowest BCUT2D eigenvalue weighted by atomic mass is 9.69. The monoisotopic (exact) mass is 481 g/mol. The van der Waals surface area contributed by atoms with Gasteiger partial charge in [-0.15, -0.1) is 0 Å². The Hall–Kier alpha value is -2.55. The van der Waals surface area contributed by atoms with Crippen molar-refractivity contribution in [3.05, 3.63) is 51.7 Å². The number of rotatable bonds is 2. The first-order valence-corrected chi connectivity index (χ1v) is 10.2. The van der Waals surface area contributed by atoms with Crippen LogP contribution < -0.4 is 16.0 Å². The highest BCUT2D eigenvalue weighted by Crippen LogP contribution is 2.53. The van der Waals surface area contributed by atoms with E-state index in [0.717, 1.165) is 6.07 Å². The van der Waals surface area contributed by atoms with Crippen molar-refractivity contribution >= 4 is 44.8 Å². The second kappa shape index (κ2) is 7.01. The van der Waals surface area contributed by atoms with Crippen molar-refractivity contribution in [2.45, 2.75) is 37.0 Å². The fraction of sp³-hybridized carbons (Fsp3) is 0.333. The number of benzene rings is 2. The van der Waals surface area contributed by atoms with Crippen LogP contribution in [-0.2, 0) is 10.2 Å². The Balaban J connectivity index is 1.71. The maximum absolute atomic E-state index is 14.9. The molecule has 9 heteroatoms. The largest absolute Gasteiger partial charge is 0.399 e. The van der Waals surface area contributed by atoms with Crippen molar-refractivity contribution in [3.63, 3.8) is 0 Å². The fourth-order valence-electron chi connectivity index (χ4n) is 4.35. The molecule has 4 rings (SSSR count). The number of amides is 2. The van der Waals surface area contributed by atoms with Gasteiger partial charge in [-0.2, -0.15) is 0 Å². The second-order valence-electron chi connectivity index (χ2n) is 7.85. The molecule has 5 nitrogen and oxygen atoms in total. The van der Waals surface area contributed by atoms with E-state index in [1.165, 1.54) is 24.1 Å². The molecule has 2 amide bonds. The molecule has 2 aromatic carbocycles. The van der Waals surface area contributed by atoms with Gasteiger partial charge in [0.1, 0.15) is 5.82 Å². The van der Waals surface area contributed by atoms with Crippen LogP contribution in [0.1, 0.15) is 41.6 Å². The molecule has 1 fully saturated rings. The van der Waals surface area contributed by atoms with Gasteiger partial charge >= 0.3 is 0 Å². The summed E-state index contributed by atoms with van der Waals surface area (Å²) in [5.74, 6) is -4.41. The zero-order valence-electron chi connectivity index (χ0n) is 16.1. The quantitative estimate of drug-likeness (QED) is 0.602. The van der Waals surface area contributed by atoms with Gasteiger partial charge in [0.05, 0.1) is 16.7 Å². The summed E-state index contributed by atoms with van der Waals surface area (Å²) in [7, 11) is 1.44. The number of hydrogen-bond donors (Lipinski definition) is 2. The van der Waals surface area contributed by atoms with Crippen LogP contribution in [0.2, 0.25) is 0 Å². The van der Waals surface area contributed by atoms with E-state index in [1.807, 2.05) is 0 Å². The third-order valence-electron chi connectivity index (χ3n) is 5.96. The van der Waals surface area contributed by atoms with Crippen molar-refractivity contribution in [2.75, 3.05) is 23.0 Å². The third-order valence-corrected chi connectivity index (χ3v) is 6.62. The number of fused-ring (bicyclic) bond motifs is 2. The van der Waals surface area contributed by atoms with Crippen LogP contribution >= 0.6 is 15.9 Å². The zero-order valence-corrected chi connectivity index (χ0v) is 17.7. The van der Waals surface area contributed by atoms with E-state index in [2.05, 4.69) is 21.2 Å². The molecule has 0 bridgehead atoms. The first kappa shape index (κ1) is 20.7. The molecule has 2 aliphatic rings. The van der Waals surface area contributed by atoms with Gasteiger partial charge in [0.25, 0.3) is 5.91 Å². The topological polar surface area (TPSA) is 75.4 Å². The number of nitrogens with zero attached hydrogens (tertiary/aromatic N) is 1. The van der Waals surface area contributed by atoms with Crippen LogP contribution in [-0.4, -0.2) is 24.8 Å². The molecule has 0 radical (unpaired) electrons. The molecule has 2 aromatic rings. The molecular weight excluding hydrogens is 463 g/mol. The summed E-state index contributed by atoms with van der Waals surface area (Å²) in [5.41, 5.74) is 5.83. The molecule has 0 aromatic heterocycles. The molecule has 1 spiro atoms. The van der Waals surface area contributed by atoms with E-state index in [0.29, 0.717) is 21.3 Å². The maximum atomic E-state index is 14.9. The molecule has 1 heterocycles. The van der Waals surface area contributed by atoms with Gasteiger partial charge in [-0.25, -0.2) is 13.2 Å². The van der Waals surface area contributed by atoms with Gasteiger partial charge < -0.3 is 16.0 Å². The number of nitrogen functional groups attached to an aromatic ring is 1. The van der Waals surface area contributed by atoms with Gasteiger partial charge in [0.2, 0.25) is 11.8 Å². The molecular formula is C21H19BrF3N3O2. The minimum atomic E-state index is -2.83. The highest BCUT2D eigenvalue weighted by atomic mass is 79.9. The van der Waals surface area contributed by atoms with Gasteiger partial charge in [-0.05, 0) is 64.7 Å². The minimum absolute atomic E-state index is 0.0729. The van der Waals surface area contributed by atoms with Crippen LogP contribution in [0.3, 0.4) is 0 Å². The number of alkyl halides is 2. The molecule has 1 aliphatic heterocycles. The van der Waals surface area contributed by atoms with Crippen LogP contribution in [0.25, 0.3) is 0 Å². The predicted octanol–water partition coefficient (Wildman–Crippen LogP) is 4.85. The number of anilines is 3. The number of nitrogens with one attached hydrogen (secondary N) is 1. The lowest BCUT2D eigenvalue weighted by molar-refractivity contribution is -0.127. The van der Waals surface area contributed by atoms with Crippen molar-refractivity contribution in [1.29, 1.82) is 0 Å². The number of hydrogen-bond acceptors (Lipinski definition) is 3. The van der Waals surface area contributed by atoms with Gasteiger partial charge in [0, 0.05) is 35.7 Å².